The fourth-order valence-electron chi connectivity index (χ4n) is 1.89. The van der Waals surface area contributed by atoms with E-state index in [1.54, 1.807) is 0 Å². The van der Waals surface area contributed by atoms with Crippen molar-refractivity contribution < 1.29 is 27.2 Å². The van der Waals surface area contributed by atoms with Crippen molar-refractivity contribution >= 4 is 66.1 Å². The van der Waals surface area contributed by atoms with Gasteiger partial charge in [-0.3, -0.25) is 4.79 Å². The van der Waals surface area contributed by atoms with Gasteiger partial charge in [0.1, 0.15) is 0 Å². The molecule has 23 heavy (non-hydrogen) atoms. The average Bonchev–Trinajstić information content (AvgIpc) is 2.59. The van der Waals surface area contributed by atoms with E-state index in [0.29, 0.717) is 17.0 Å². The van der Waals surface area contributed by atoms with Crippen LogP contribution in [-0.2, 0) is 11.0 Å². The van der Waals surface area contributed by atoms with Crippen LogP contribution in [-0.4, -0.2) is 26.9 Å². The highest BCUT2D eigenvalue weighted by Gasteiger charge is 2.53. The first-order chi connectivity index (χ1) is 10.4. The number of imide groups is 1. The van der Waals surface area contributed by atoms with Crippen LogP contribution in [0.15, 0.2) is 23.1 Å². The molecule has 0 aliphatic carbocycles. The number of amides is 3. The summed E-state index contributed by atoms with van der Waals surface area (Å²) in [7, 11) is 0. The summed E-state index contributed by atoms with van der Waals surface area (Å²) in [6.07, 6.45) is -4.63. The van der Waals surface area contributed by atoms with Gasteiger partial charge in [-0.25, -0.2) is 14.6 Å². The van der Waals surface area contributed by atoms with E-state index in [9.17, 15) is 27.2 Å². The molecule has 1 aromatic carbocycles. The summed E-state index contributed by atoms with van der Waals surface area (Å²) in [5.74, 6) is -1.03. The van der Waals surface area contributed by atoms with Gasteiger partial charge in [0, 0.05) is 4.90 Å². The molecule has 12 heteroatoms. The van der Waals surface area contributed by atoms with Crippen LogP contribution >= 0.6 is 48.5 Å². The van der Waals surface area contributed by atoms with E-state index >= 15 is 0 Å². The van der Waals surface area contributed by atoms with Crippen LogP contribution < -0.4 is 4.90 Å². The molecule has 0 saturated carbocycles. The SMILES string of the molecule is O=C1C(S)N(C(F)(Cl)Cl)C(=O)N1c1ccc(C(F)(F)F)cc1S. The van der Waals surface area contributed by atoms with Crippen molar-refractivity contribution in [3.05, 3.63) is 23.8 Å². The fourth-order valence-corrected chi connectivity index (χ4v) is 3.05. The molecule has 1 heterocycles. The van der Waals surface area contributed by atoms with E-state index < -0.39 is 33.8 Å². The van der Waals surface area contributed by atoms with Crippen LogP contribution in [0, 0.1) is 0 Å². The van der Waals surface area contributed by atoms with Crippen molar-refractivity contribution in [1.82, 2.24) is 4.90 Å². The smallest absolute Gasteiger partial charge is 0.271 e. The molecule has 0 spiro atoms. The first-order valence-electron chi connectivity index (χ1n) is 5.68. The molecule has 0 bridgehead atoms. The number of hydrogen-bond donors (Lipinski definition) is 2. The van der Waals surface area contributed by atoms with Gasteiger partial charge in [-0.2, -0.15) is 17.6 Å². The predicted molar refractivity (Wildman–Crippen MR) is 81.7 cm³/mol. The molecule has 1 aliphatic rings. The van der Waals surface area contributed by atoms with Crippen LogP contribution in [0.25, 0.3) is 0 Å². The zero-order valence-electron chi connectivity index (χ0n) is 10.7. The Hall–Kier alpha value is -0.840. The van der Waals surface area contributed by atoms with Gasteiger partial charge in [-0.1, -0.05) is 0 Å². The molecule has 0 N–H and O–H groups in total. The summed E-state index contributed by atoms with van der Waals surface area (Å²) < 4.78 is 48.3. The lowest BCUT2D eigenvalue weighted by Gasteiger charge is -2.24. The van der Waals surface area contributed by atoms with Gasteiger partial charge in [-0.15, -0.1) is 25.3 Å². The Kier molecular flexibility index (Phi) is 4.75. The van der Waals surface area contributed by atoms with Crippen molar-refractivity contribution in [1.29, 1.82) is 0 Å². The normalized spacial score (nSPS) is 19.7. The standard InChI is InChI=1S/C11H6Cl2F4N2O2S2/c12-11(13,17)19-8(23)7(20)18(9(19)21)5-2-1-4(3-6(5)22)10(14,15)16/h1-3,8,22-23H. The van der Waals surface area contributed by atoms with Crippen molar-refractivity contribution in [2.75, 3.05) is 4.90 Å². The van der Waals surface area contributed by atoms with E-state index in [1.807, 2.05) is 0 Å². The Morgan fingerprint density at radius 1 is 1.13 bits per heavy atom. The summed E-state index contributed by atoms with van der Waals surface area (Å²) >= 11 is 17.9. The van der Waals surface area contributed by atoms with Gasteiger partial charge in [0.2, 0.25) is 0 Å². The Morgan fingerprint density at radius 3 is 2.09 bits per heavy atom. The number of carbonyl (C=O) groups is 2. The number of halogens is 6. The number of thiol groups is 2. The van der Waals surface area contributed by atoms with E-state index in [1.165, 1.54) is 0 Å². The number of nitrogens with zero attached hydrogens (tertiary/aromatic N) is 2. The minimum Gasteiger partial charge on any atom is -0.271 e. The third-order valence-electron chi connectivity index (χ3n) is 2.90. The predicted octanol–water partition coefficient (Wildman–Crippen LogP) is 4.08. The summed E-state index contributed by atoms with van der Waals surface area (Å²) in [5, 5.41) is -1.64. The lowest BCUT2D eigenvalue weighted by atomic mass is 10.2. The van der Waals surface area contributed by atoms with Crippen LogP contribution in [0.4, 0.5) is 28.0 Å². The molecule has 1 atom stereocenters. The first kappa shape index (κ1) is 18.5. The minimum atomic E-state index is -4.63. The molecular formula is C11H6Cl2F4N2O2S2. The lowest BCUT2D eigenvalue weighted by Crippen LogP contribution is -2.42. The molecule has 1 aliphatic heterocycles. The van der Waals surface area contributed by atoms with Crippen molar-refractivity contribution in [2.45, 2.75) is 21.2 Å². The maximum absolute atomic E-state index is 13.6. The van der Waals surface area contributed by atoms with Crippen LogP contribution in [0.3, 0.4) is 0 Å². The number of carbonyl (C=O) groups excluding carboxylic acids is 2. The van der Waals surface area contributed by atoms with Gasteiger partial charge < -0.3 is 0 Å². The van der Waals surface area contributed by atoms with E-state index in [4.69, 9.17) is 23.2 Å². The molecule has 0 aromatic heterocycles. The Balaban J connectivity index is 2.47. The highest BCUT2D eigenvalue weighted by atomic mass is 35.5. The van der Waals surface area contributed by atoms with Gasteiger partial charge in [0.25, 0.3) is 5.91 Å². The third-order valence-corrected chi connectivity index (χ3v) is 4.07. The monoisotopic (exact) mass is 408 g/mol. The third kappa shape index (κ3) is 3.35. The van der Waals surface area contributed by atoms with Gasteiger partial charge in [0.15, 0.2) is 5.37 Å². The molecule has 1 aromatic rings. The summed E-state index contributed by atoms with van der Waals surface area (Å²) in [6.45, 7) is 0. The number of benzene rings is 1. The number of rotatable bonds is 2. The molecule has 4 nitrogen and oxygen atoms in total. The summed E-state index contributed by atoms with van der Waals surface area (Å²) in [5.41, 5.74) is -1.31. The zero-order valence-corrected chi connectivity index (χ0v) is 14.0. The fraction of sp³-hybridized carbons (Fsp3) is 0.273. The molecule has 1 saturated heterocycles. The zero-order chi connectivity index (χ0) is 17.7. The molecule has 0 radical (unpaired) electrons. The summed E-state index contributed by atoms with van der Waals surface area (Å²) in [4.78, 5) is 24.4. The van der Waals surface area contributed by atoms with E-state index in [-0.39, 0.29) is 15.5 Å². The van der Waals surface area contributed by atoms with Gasteiger partial charge >= 0.3 is 16.9 Å². The number of anilines is 1. The maximum atomic E-state index is 13.6. The number of urea groups is 1. The highest BCUT2D eigenvalue weighted by Crippen LogP contribution is 2.40. The lowest BCUT2D eigenvalue weighted by molar-refractivity contribution is -0.137. The molecule has 2 rings (SSSR count). The van der Waals surface area contributed by atoms with Crippen molar-refractivity contribution in [3.8, 4) is 0 Å². The van der Waals surface area contributed by atoms with Gasteiger partial charge in [0.05, 0.1) is 11.3 Å². The number of alkyl halides is 6. The molecule has 126 valence electrons. The number of hydrogen-bond acceptors (Lipinski definition) is 4. The quantitative estimate of drug-likeness (QED) is 0.254. The van der Waals surface area contributed by atoms with Crippen LogP contribution in [0.1, 0.15) is 5.56 Å². The van der Waals surface area contributed by atoms with Crippen molar-refractivity contribution in [2.24, 2.45) is 0 Å². The van der Waals surface area contributed by atoms with E-state index in [0.717, 1.165) is 6.07 Å². The Bertz CT molecular complexity index is 681. The average molecular weight is 409 g/mol. The second-order valence-electron chi connectivity index (χ2n) is 4.37. The molecule has 1 unspecified atom stereocenters. The second kappa shape index (κ2) is 5.91. The Morgan fingerprint density at radius 2 is 1.70 bits per heavy atom. The molecular weight excluding hydrogens is 403 g/mol. The van der Waals surface area contributed by atoms with E-state index in [2.05, 4.69) is 25.3 Å². The first-order valence-corrected chi connectivity index (χ1v) is 7.40. The minimum absolute atomic E-state index is 0.131. The molecule has 3 amide bonds. The highest BCUT2D eigenvalue weighted by molar-refractivity contribution is 7.82. The second-order valence-corrected chi connectivity index (χ2v) is 6.54. The largest absolute Gasteiger partial charge is 0.416 e. The Labute approximate surface area is 148 Å². The molecule has 1 fully saturated rings. The van der Waals surface area contributed by atoms with Gasteiger partial charge in [-0.05, 0) is 41.4 Å². The van der Waals surface area contributed by atoms with Crippen molar-refractivity contribution in [3.63, 3.8) is 0 Å². The summed E-state index contributed by atoms with van der Waals surface area (Å²) in [6, 6.07) is 0.847. The van der Waals surface area contributed by atoms with Crippen LogP contribution in [0.5, 0.6) is 0 Å². The van der Waals surface area contributed by atoms with Crippen LogP contribution in [0.2, 0.25) is 0 Å². The maximum Gasteiger partial charge on any atom is 0.416 e. The topological polar surface area (TPSA) is 40.6 Å².